The van der Waals surface area contributed by atoms with Crippen LogP contribution >= 0.6 is 27.3 Å². The molecule has 0 bridgehead atoms. The highest BCUT2D eigenvalue weighted by Gasteiger charge is 2.27. The molecular weight excluding hydrogens is 332 g/mol. The van der Waals surface area contributed by atoms with E-state index in [2.05, 4.69) is 50.8 Å². The minimum absolute atomic E-state index is 0.486. The molecule has 20 heavy (non-hydrogen) atoms. The van der Waals surface area contributed by atoms with Gasteiger partial charge in [-0.3, -0.25) is 4.98 Å². The Balaban J connectivity index is 1.81. The maximum atomic E-state index is 4.28. The zero-order valence-electron chi connectivity index (χ0n) is 11.6. The van der Waals surface area contributed by atoms with Gasteiger partial charge in [0, 0.05) is 33.7 Å². The number of hydrogen-bond acceptors (Lipinski definition) is 3. The summed E-state index contributed by atoms with van der Waals surface area (Å²) in [5.41, 5.74) is 2.87. The SMILES string of the molecule is CNC(Cc1cncc(Br)c1)C1CCCc2sccc21. The first-order valence-electron chi connectivity index (χ1n) is 7.11. The maximum Gasteiger partial charge on any atom is 0.0410 e. The number of hydrogen-bond donors (Lipinski definition) is 1. The zero-order chi connectivity index (χ0) is 13.9. The van der Waals surface area contributed by atoms with Gasteiger partial charge in [0.05, 0.1) is 0 Å². The first-order valence-corrected chi connectivity index (χ1v) is 8.78. The minimum atomic E-state index is 0.486. The molecule has 3 rings (SSSR count). The first kappa shape index (κ1) is 14.2. The quantitative estimate of drug-likeness (QED) is 0.895. The van der Waals surface area contributed by atoms with Gasteiger partial charge in [0.2, 0.25) is 0 Å². The van der Waals surface area contributed by atoms with Gasteiger partial charge in [0.15, 0.2) is 0 Å². The van der Waals surface area contributed by atoms with E-state index in [4.69, 9.17) is 0 Å². The van der Waals surface area contributed by atoms with Gasteiger partial charge in [0.25, 0.3) is 0 Å². The van der Waals surface area contributed by atoms with Crippen molar-refractivity contribution in [3.63, 3.8) is 0 Å². The molecule has 0 aromatic carbocycles. The molecule has 0 radical (unpaired) electrons. The summed E-state index contributed by atoms with van der Waals surface area (Å²) in [6.45, 7) is 0. The lowest BCUT2D eigenvalue weighted by atomic mass is 9.80. The number of aromatic nitrogens is 1. The molecule has 1 N–H and O–H groups in total. The summed E-state index contributed by atoms with van der Waals surface area (Å²) >= 11 is 5.43. The Labute approximate surface area is 132 Å². The average Bonchev–Trinajstić information content (AvgIpc) is 2.93. The van der Waals surface area contributed by atoms with Gasteiger partial charge in [-0.2, -0.15) is 0 Å². The molecule has 2 heterocycles. The van der Waals surface area contributed by atoms with Crippen LogP contribution in [0, 0.1) is 0 Å². The third-order valence-electron chi connectivity index (χ3n) is 4.17. The number of likely N-dealkylation sites (N-methyl/N-ethyl adjacent to an activating group) is 1. The molecule has 0 saturated carbocycles. The highest BCUT2D eigenvalue weighted by molar-refractivity contribution is 9.10. The fourth-order valence-electron chi connectivity index (χ4n) is 3.21. The molecule has 2 unspecified atom stereocenters. The number of nitrogens with zero attached hydrogens (tertiary/aromatic N) is 1. The Kier molecular flexibility index (Phi) is 4.54. The van der Waals surface area contributed by atoms with E-state index in [9.17, 15) is 0 Å². The Morgan fingerprint density at radius 1 is 1.50 bits per heavy atom. The molecule has 0 aliphatic heterocycles. The number of aryl methyl sites for hydroxylation is 1. The third kappa shape index (κ3) is 2.97. The lowest BCUT2D eigenvalue weighted by Gasteiger charge is -2.30. The van der Waals surface area contributed by atoms with Crippen molar-refractivity contribution in [2.45, 2.75) is 37.6 Å². The molecule has 0 spiro atoms. The van der Waals surface area contributed by atoms with Crippen LogP contribution in [0.15, 0.2) is 34.4 Å². The van der Waals surface area contributed by atoms with Crippen LogP contribution in [0.25, 0.3) is 0 Å². The van der Waals surface area contributed by atoms with Crippen LogP contribution in [-0.4, -0.2) is 18.1 Å². The smallest absolute Gasteiger partial charge is 0.0410 e. The van der Waals surface area contributed by atoms with Gasteiger partial charge in [-0.05, 0) is 77.3 Å². The number of pyridine rings is 1. The second kappa shape index (κ2) is 6.37. The second-order valence-electron chi connectivity index (χ2n) is 5.41. The Hall–Kier alpha value is -0.710. The third-order valence-corrected chi connectivity index (χ3v) is 5.60. The van der Waals surface area contributed by atoms with Crippen LogP contribution in [0.4, 0.5) is 0 Å². The number of rotatable bonds is 4. The molecule has 0 amide bonds. The van der Waals surface area contributed by atoms with E-state index >= 15 is 0 Å². The number of nitrogens with one attached hydrogen (secondary N) is 1. The van der Waals surface area contributed by atoms with Crippen molar-refractivity contribution >= 4 is 27.3 Å². The van der Waals surface area contributed by atoms with Crippen LogP contribution in [0.1, 0.15) is 34.8 Å². The van der Waals surface area contributed by atoms with E-state index in [1.54, 1.807) is 10.4 Å². The molecular formula is C16H19BrN2S. The molecule has 2 atom stereocenters. The molecule has 1 aliphatic rings. The fourth-order valence-corrected chi connectivity index (χ4v) is 4.62. The summed E-state index contributed by atoms with van der Waals surface area (Å²) in [6.07, 6.45) is 8.72. The average molecular weight is 351 g/mol. The topological polar surface area (TPSA) is 24.9 Å². The predicted molar refractivity (Wildman–Crippen MR) is 88.5 cm³/mol. The molecule has 1 aliphatic carbocycles. The Morgan fingerprint density at radius 2 is 2.40 bits per heavy atom. The molecule has 4 heteroatoms. The number of fused-ring (bicyclic) bond motifs is 1. The van der Waals surface area contributed by atoms with Gasteiger partial charge in [-0.25, -0.2) is 0 Å². The highest BCUT2D eigenvalue weighted by Crippen LogP contribution is 2.37. The predicted octanol–water partition coefficient (Wildman–Crippen LogP) is 4.16. The van der Waals surface area contributed by atoms with Gasteiger partial charge in [0.1, 0.15) is 0 Å². The van der Waals surface area contributed by atoms with Gasteiger partial charge >= 0.3 is 0 Å². The van der Waals surface area contributed by atoms with Crippen molar-refractivity contribution in [2.75, 3.05) is 7.05 Å². The lowest BCUT2D eigenvalue weighted by Crippen LogP contribution is -2.35. The van der Waals surface area contributed by atoms with Crippen molar-refractivity contribution in [2.24, 2.45) is 0 Å². The van der Waals surface area contributed by atoms with Crippen LogP contribution in [0.5, 0.6) is 0 Å². The standard InChI is InChI=1S/C16H19BrN2S/c1-18-15(8-11-7-12(17)10-19-9-11)13-3-2-4-16-14(13)5-6-20-16/h5-7,9-10,13,15,18H,2-4,8H2,1H3. The van der Waals surface area contributed by atoms with Crippen LogP contribution in [0.2, 0.25) is 0 Å². The summed E-state index contributed by atoms with van der Waals surface area (Å²) in [5.74, 6) is 0.633. The van der Waals surface area contributed by atoms with E-state index < -0.39 is 0 Å². The summed E-state index contributed by atoms with van der Waals surface area (Å²) in [5, 5.41) is 5.78. The van der Waals surface area contributed by atoms with Crippen molar-refractivity contribution in [1.82, 2.24) is 10.3 Å². The number of thiophene rings is 1. The van der Waals surface area contributed by atoms with Crippen molar-refractivity contribution < 1.29 is 0 Å². The van der Waals surface area contributed by atoms with E-state index in [1.807, 2.05) is 23.7 Å². The summed E-state index contributed by atoms with van der Waals surface area (Å²) < 4.78 is 1.06. The van der Waals surface area contributed by atoms with Gasteiger partial charge in [-0.1, -0.05) is 0 Å². The fraction of sp³-hybridized carbons (Fsp3) is 0.438. The van der Waals surface area contributed by atoms with E-state index in [-0.39, 0.29) is 0 Å². The Morgan fingerprint density at radius 3 is 3.20 bits per heavy atom. The summed E-state index contributed by atoms with van der Waals surface area (Å²) in [4.78, 5) is 5.87. The van der Waals surface area contributed by atoms with Crippen LogP contribution in [0.3, 0.4) is 0 Å². The molecule has 2 nitrogen and oxygen atoms in total. The minimum Gasteiger partial charge on any atom is -0.316 e. The summed E-state index contributed by atoms with van der Waals surface area (Å²) in [6, 6.07) is 4.99. The second-order valence-corrected chi connectivity index (χ2v) is 7.32. The summed E-state index contributed by atoms with van der Waals surface area (Å²) in [7, 11) is 2.08. The van der Waals surface area contributed by atoms with Crippen molar-refractivity contribution in [1.29, 1.82) is 0 Å². The molecule has 0 fully saturated rings. The van der Waals surface area contributed by atoms with E-state index in [0.717, 1.165) is 10.9 Å². The molecule has 2 aromatic heterocycles. The van der Waals surface area contributed by atoms with Crippen LogP contribution in [-0.2, 0) is 12.8 Å². The van der Waals surface area contributed by atoms with Crippen molar-refractivity contribution in [3.05, 3.63) is 50.4 Å². The van der Waals surface area contributed by atoms with Crippen molar-refractivity contribution in [3.8, 4) is 0 Å². The largest absolute Gasteiger partial charge is 0.316 e. The molecule has 2 aromatic rings. The molecule has 0 saturated heterocycles. The Bertz CT molecular complexity index is 581. The van der Waals surface area contributed by atoms with Crippen LogP contribution < -0.4 is 5.32 Å². The van der Waals surface area contributed by atoms with E-state index in [0.29, 0.717) is 12.0 Å². The van der Waals surface area contributed by atoms with E-state index in [1.165, 1.54) is 24.8 Å². The normalized spacial score (nSPS) is 19.6. The molecule has 106 valence electrons. The zero-order valence-corrected chi connectivity index (χ0v) is 14.0. The monoisotopic (exact) mass is 350 g/mol. The first-order chi connectivity index (χ1) is 9.78. The number of halogens is 1. The highest BCUT2D eigenvalue weighted by atomic mass is 79.9. The van der Waals surface area contributed by atoms with Gasteiger partial charge < -0.3 is 5.32 Å². The lowest BCUT2D eigenvalue weighted by molar-refractivity contribution is 0.413. The maximum absolute atomic E-state index is 4.28. The van der Waals surface area contributed by atoms with Gasteiger partial charge in [-0.15, -0.1) is 11.3 Å².